The van der Waals surface area contributed by atoms with Crippen molar-refractivity contribution in [3.63, 3.8) is 0 Å². The summed E-state index contributed by atoms with van der Waals surface area (Å²) in [5.41, 5.74) is 0. The predicted octanol–water partition coefficient (Wildman–Crippen LogP) is 2.93. The SMILES string of the molecule is CCCNc1cc(N(C)CC(C)C)nc(COCC)n1. The Morgan fingerprint density at radius 3 is 2.65 bits per heavy atom. The van der Waals surface area contributed by atoms with Gasteiger partial charge in [0, 0.05) is 32.8 Å². The highest BCUT2D eigenvalue weighted by Crippen LogP contribution is 2.16. The molecule has 0 saturated heterocycles. The van der Waals surface area contributed by atoms with Crippen molar-refractivity contribution in [1.29, 1.82) is 0 Å². The van der Waals surface area contributed by atoms with Crippen LogP contribution < -0.4 is 10.2 Å². The molecule has 0 unspecified atom stereocenters. The minimum absolute atomic E-state index is 0.459. The van der Waals surface area contributed by atoms with Gasteiger partial charge in [0.1, 0.15) is 18.2 Å². The molecule has 1 heterocycles. The number of ether oxygens (including phenoxy) is 1. The van der Waals surface area contributed by atoms with Crippen LogP contribution >= 0.6 is 0 Å². The van der Waals surface area contributed by atoms with Gasteiger partial charge in [-0.05, 0) is 19.3 Å². The number of hydrogen-bond acceptors (Lipinski definition) is 5. The molecule has 0 aliphatic carbocycles. The molecule has 1 N–H and O–H groups in total. The molecule has 0 radical (unpaired) electrons. The second-order valence-corrected chi connectivity index (χ2v) is 5.37. The molecule has 114 valence electrons. The Morgan fingerprint density at radius 2 is 2.05 bits per heavy atom. The molecule has 20 heavy (non-hydrogen) atoms. The Morgan fingerprint density at radius 1 is 1.30 bits per heavy atom. The van der Waals surface area contributed by atoms with Gasteiger partial charge in [0.05, 0.1) is 0 Å². The Kier molecular flexibility index (Phi) is 7.30. The first-order chi connectivity index (χ1) is 9.56. The largest absolute Gasteiger partial charge is 0.374 e. The average molecular weight is 280 g/mol. The molecule has 0 bridgehead atoms. The molecule has 0 aromatic carbocycles. The van der Waals surface area contributed by atoms with Crippen LogP contribution in [-0.2, 0) is 11.3 Å². The third kappa shape index (κ3) is 5.74. The Labute approximate surface area is 122 Å². The van der Waals surface area contributed by atoms with E-state index in [2.05, 4.69) is 48.0 Å². The van der Waals surface area contributed by atoms with Gasteiger partial charge in [-0.25, -0.2) is 9.97 Å². The van der Waals surface area contributed by atoms with Gasteiger partial charge in [-0.15, -0.1) is 0 Å². The molecule has 1 aromatic rings. The van der Waals surface area contributed by atoms with E-state index in [1.54, 1.807) is 0 Å². The zero-order valence-corrected chi connectivity index (χ0v) is 13.4. The normalized spacial score (nSPS) is 10.9. The highest BCUT2D eigenvalue weighted by molar-refractivity contribution is 5.49. The van der Waals surface area contributed by atoms with Crippen molar-refractivity contribution in [3.05, 3.63) is 11.9 Å². The maximum Gasteiger partial charge on any atom is 0.158 e. The van der Waals surface area contributed by atoms with E-state index in [0.29, 0.717) is 19.1 Å². The minimum atomic E-state index is 0.459. The third-order valence-electron chi connectivity index (χ3n) is 2.78. The van der Waals surface area contributed by atoms with Crippen LogP contribution in [0.5, 0.6) is 0 Å². The second-order valence-electron chi connectivity index (χ2n) is 5.37. The van der Waals surface area contributed by atoms with Crippen molar-refractivity contribution in [2.75, 3.05) is 37.0 Å². The summed E-state index contributed by atoms with van der Waals surface area (Å²) in [5, 5.41) is 3.33. The summed E-state index contributed by atoms with van der Waals surface area (Å²) >= 11 is 0. The average Bonchev–Trinajstić information content (AvgIpc) is 2.42. The molecule has 1 aromatic heterocycles. The molecule has 0 atom stereocenters. The van der Waals surface area contributed by atoms with Crippen LogP contribution in [0.25, 0.3) is 0 Å². The molecule has 0 aliphatic heterocycles. The molecular formula is C15H28N4O. The van der Waals surface area contributed by atoms with Gasteiger partial charge >= 0.3 is 0 Å². The van der Waals surface area contributed by atoms with Crippen molar-refractivity contribution < 1.29 is 4.74 Å². The van der Waals surface area contributed by atoms with E-state index in [1.165, 1.54) is 0 Å². The summed E-state index contributed by atoms with van der Waals surface area (Å²) < 4.78 is 5.42. The molecule has 0 spiro atoms. The zero-order valence-electron chi connectivity index (χ0n) is 13.4. The van der Waals surface area contributed by atoms with Crippen molar-refractivity contribution in [2.24, 2.45) is 5.92 Å². The lowest BCUT2D eigenvalue weighted by Crippen LogP contribution is -2.24. The lowest BCUT2D eigenvalue weighted by Gasteiger charge is -2.21. The van der Waals surface area contributed by atoms with E-state index in [9.17, 15) is 0 Å². The minimum Gasteiger partial charge on any atom is -0.374 e. The van der Waals surface area contributed by atoms with Crippen LogP contribution in [0.4, 0.5) is 11.6 Å². The molecular weight excluding hydrogens is 252 g/mol. The van der Waals surface area contributed by atoms with Crippen LogP contribution in [0.15, 0.2) is 6.07 Å². The Hall–Kier alpha value is -1.36. The monoisotopic (exact) mass is 280 g/mol. The van der Waals surface area contributed by atoms with Crippen LogP contribution in [0, 0.1) is 5.92 Å². The molecule has 5 heteroatoms. The first-order valence-corrected chi connectivity index (χ1v) is 7.47. The van der Waals surface area contributed by atoms with Gasteiger partial charge in [-0.3, -0.25) is 0 Å². The van der Waals surface area contributed by atoms with Crippen LogP contribution in [0.3, 0.4) is 0 Å². The van der Waals surface area contributed by atoms with Gasteiger partial charge in [0.15, 0.2) is 5.82 Å². The molecule has 5 nitrogen and oxygen atoms in total. The summed E-state index contributed by atoms with van der Waals surface area (Å²) in [6, 6.07) is 2.01. The van der Waals surface area contributed by atoms with Gasteiger partial charge in [-0.1, -0.05) is 20.8 Å². The van der Waals surface area contributed by atoms with Crippen LogP contribution in [0.1, 0.15) is 39.9 Å². The first-order valence-electron chi connectivity index (χ1n) is 7.47. The fourth-order valence-corrected chi connectivity index (χ4v) is 1.92. The topological polar surface area (TPSA) is 50.3 Å². The van der Waals surface area contributed by atoms with E-state index < -0.39 is 0 Å². The number of nitrogens with one attached hydrogen (secondary N) is 1. The van der Waals surface area contributed by atoms with E-state index >= 15 is 0 Å². The van der Waals surface area contributed by atoms with Gasteiger partial charge in [-0.2, -0.15) is 0 Å². The lowest BCUT2D eigenvalue weighted by molar-refractivity contribution is 0.128. The van der Waals surface area contributed by atoms with Crippen LogP contribution in [-0.4, -0.2) is 36.7 Å². The quantitative estimate of drug-likeness (QED) is 0.753. The highest BCUT2D eigenvalue weighted by atomic mass is 16.5. The number of rotatable bonds is 9. The Bertz CT molecular complexity index is 369. The summed E-state index contributed by atoms with van der Waals surface area (Å²) in [5.74, 6) is 3.15. The summed E-state index contributed by atoms with van der Waals surface area (Å²) in [4.78, 5) is 11.2. The third-order valence-corrected chi connectivity index (χ3v) is 2.78. The van der Waals surface area contributed by atoms with E-state index in [0.717, 1.165) is 37.0 Å². The molecule has 0 saturated carbocycles. The van der Waals surface area contributed by atoms with Crippen molar-refractivity contribution in [1.82, 2.24) is 9.97 Å². The number of aromatic nitrogens is 2. The maximum absolute atomic E-state index is 5.42. The van der Waals surface area contributed by atoms with E-state index in [4.69, 9.17) is 4.74 Å². The highest BCUT2D eigenvalue weighted by Gasteiger charge is 2.09. The predicted molar refractivity (Wildman–Crippen MR) is 84.3 cm³/mol. The standard InChI is InChI=1S/C15H28N4O/c1-6-8-16-13-9-15(19(5)10-12(3)4)18-14(17-13)11-20-7-2/h9,12H,6-8,10-11H2,1-5H3,(H,16,17,18). The van der Waals surface area contributed by atoms with Gasteiger partial charge < -0.3 is 15.0 Å². The first kappa shape index (κ1) is 16.7. The second kappa shape index (κ2) is 8.74. The Balaban J connectivity index is 2.89. The van der Waals surface area contributed by atoms with Crippen LogP contribution in [0.2, 0.25) is 0 Å². The fourth-order valence-electron chi connectivity index (χ4n) is 1.92. The van der Waals surface area contributed by atoms with Gasteiger partial charge in [0.2, 0.25) is 0 Å². The number of hydrogen-bond donors (Lipinski definition) is 1. The zero-order chi connectivity index (χ0) is 15.0. The summed E-state index contributed by atoms with van der Waals surface area (Å²) in [7, 11) is 2.07. The van der Waals surface area contributed by atoms with E-state index in [1.807, 2.05) is 13.0 Å². The van der Waals surface area contributed by atoms with Crippen molar-refractivity contribution >= 4 is 11.6 Å². The van der Waals surface area contributed by atoms with Crippen molar-refractivity contribution in [3.8, 4) is 0 Å². The smallest absolute Gasteiger partial charge is 0.158 e. The summed E-state index contributed by atoms with van der Waals surface area (Å²) in [6.45, 7) is 11.5. The summed E-state index contributed by atoms with van der Waals surface area (Å²) in [6.07, 6.45) is 1.07. The van der Waals surface area contributed by atoms with E-state index in [-0.39, 0.29) is 0 Å². The number of nitrogens with zero attached hydrogens (tertiary/aromatic N) is 3. The molecule has 0 aliphatic rings. The maximum atomic E-state index is 5.42. The molecule has 1 rings (SSSR count). The number of anilines is 2. The fraction of sp³-hybridized carbons (Fsp3) is 0.733. The lowest BCUT2D eigenvalue weighted by atomic mass is 10.2. The van der Waals surface area contributed by atoms with Gasteiger partial charge in [0.25, 0.3) is 0 Å². The van der Waals surface area contributed by atoms with Crippen molar-refractivity contribution in [2.45, 2.75) is 40.7 Å². The molecule has 0 fully saturated rings. The molecule has 0 amide bonds.